The first kappa shape index (κ1) is 13.9. The molecule has 1 saturated heterocycles. The van der Waals surface area contributed by atoms with Gasteiger partial charge < -0.3 is 0 Å². The Morgan fingerprint density at radius 1 is 1.00 bits per heavy atom. The average molecular weight is 296 g/mol. The van der Waals surface area contributed by atoms with Crippen LogP contribution in [-0.2, 0) is 26.4 Å². The molecule has 0 spiro atoms. The summed E-state index contributed by atoms with van der Waals surface area (Å²) in [7, 11) is 2.01. The zero-order valence-electron chi connectivity index (χ0n) is 13.4. The SMILES string of the molecule is Cn1nc(CN2CCCC2)nc1-c1ccc2c(c1)CCCC2. The fraction of sp³-hybridized carbons (Fsp3) is 0.556. The number of aryl methyl sites for hydroxylation is 3. The third-order valence-electron chi connectivity index (χ3n) is 4.98. The van der Waals surface area contributed by atoms with E-state index in [1.165, 1.54) is 68.3 Å². The van der Waals surface area contributed by atoms with Gasteiger partial charge in [-0.1, -0.05) is 12.1 Å². The Morgan fingerprint density at radius 3 is 2.59 bits per heavy atom. The fourth-order valence-corrected chi connectivity index (χ4v) is 3.77. The molecule has 0 N–H and O–H groups in total. The summed E-state index contributed by atoms with van der Waals surface area (Å²) in [6.45, 7) is 3.26. The zero-order chi connectivity index (χ0) is 14.9. The lowest BCUT2D eigenvalue weighted by molar-refractivity contribution is 0.322. The van der Waals surface area contributed by atoms with Crippen LogP contribution >= 0.6 is 0 Å². The van der Waals surface area contributed by atoms with Crippen LogP contribution in [-0.4, -0.2) is 32.8 Å². The highest BCUT2D eigenvalue weighted by molar-refractivity contribution is 5.58. The number of benzene rings is 1. The quantitative estimate of drug-likeness (QED) is 0.873. The van der Waals surface area contributed by atoms with Crippen molar-refractivity contribution in [3.63, 3.8) is 0 Å². The molecule has 1 aromatic carbocycles. The van der Waals surface area contributed by atoms with E-state index in [1.807, 2.05) is 11.7 Å². The third kappa shape index (κ3) is 2.68. The van der Waals surface area contributed by atoms with Gasteiger partial charge in [0.2, 0.25) is 0 Å². The largest absolute Gasteiger partial charge is 0.296 e. The van der Waals surface area contributed by atoms with Crippen molar-refractivity contribution in [3.8, 4) is 11.4 Å². The lowest BCUT2D eigenvalue weighted by atomic mass is 9.90. The van der Waals surface area contributed by atoms with E-state index in [1.54, 1.807) is 0 Å². The Kier molecular flexibility index (Phi) is 3.70. The molecule has 22 heavy (non-hydrogen) atoms. The van der Waals surface area contributed by atoms with E-state index >= 15 is 0 Å². The Morgan fingerprint density at radius 2 is 1.77 bits per heavy atom. The maximum Gasteiger partial charge on any atom is 0.165 e. The molecule has 2 aliphatic rings. The van der Waals surface area contributed by atoms with Crippen molar-refractivity contribution in [1.82, 2.24) is 19.7 Å². The van der Waals surface area contributed by atoms with E-state index in [0.29, 0.717) is 0 Å². The van der Waals surface area contributed by atoms with Gasteiger partial charge in [-0.2, -0.15) is 5.10 Å². The minimum atomic E-state index is 0.888. The summed E-state index contributed by atoms with van der Waals surface area (Å²) in [6, 6.07) is 6.84. The number of rotatable bonds is 3. The lowest BCUT2D eigenvalue weighted by Crippen LogP contribution is -2.19. The van der Waals surface area contributed by atoms with Crippen LogP contribution in [0.15, 0.2) is 18.2 Å². The number of hydrogen-bond acceptors (Lipinski definition) is 3. The smallest absolute Gasteiger partial charge is 0.165 e. The van der Waals surface area contributed by atoms with Gasteiger partial charge in [0.25, 0.3) is 0 Å². The summed E-state index contributed by atoms with van der Waals surface area (Å²) in [5, 5.41) is 4.63. The van der Waals surface area contributed by atoms with Gasteiger partial charge in [0, 0.05) is 12.6 Å². The molecular weight excluding hydrogens is 272 g/mol. The number of fused-ring (bicyclic) bond motifs is 1. The van der Waals surface area contributed by atoms with Crippen molar-refractivity contribution in [2.75, 3.05) is 13.1 Å². The first-order valence-electron chi connectivity index (χ1n) is 8.54. The van der Waals surface area contributed by atoms with Crippen LogP contribution in [0.3, 0.4) is 0 Å². The fourth-order valence-electron chi connectivity index (χ4n) is 3.77. The highest BCUT2D eigenvalue weighted by Gasteiger charge is 2.17. The van der Waals surface area contributed by atoms with Crippen LogP contribution in [0.4, 0.5) is 0 Å². The second kappa shape index (κ2) is 5.84. The van der Waals surface area contributed by atoms with Gasteiger partial charge in [0.1, 0.15) is 0 Å². The summed E-state index contributed by atoms with van der Waals surface area (Å²) < 4.78 is 1.94. The van der Waals surface area contributed by atoms with E-state index in [4.69, 9.17) is 4.98 Å². The second-order valence-corrected chi connectivity index (χ2v) is 6.65. The van der Waals surface area contributed by atoms with Crippen molar-refractivity contribution in [3.05, 3.63) is 35.2 Å². The molecular formula is C18H24N4. The maximum atomic E-state index is 4.80. The molecule has 0 unspecified atom stereocenters. The van der Waals surface area contributed by atoms with Crippen molar-refractivity contribution in [2.24, 2.45) is 7.05 Å². The first-order valence-corrected chi connectivity index (χ1v) is 8.54. The summed E-state index contributed by atoms with van der Waals surface area (Å²) >= 11 is 0. The molecule has 2 aromatic rings. The number of hydrogen-bond donors (Lipinski definition) is 0. The van der Waals surface area contributed by atoms with Crippen molar-refractivity contribution in [2.45, 2.75) is 45.1 Å². The van der Waals surface area contributed by atoms with Crippen LogP contribution in [0.2, 0.25) is 0 Å². The molecule has 0 amide bonds. The molecule has 0 bridgehead atoms. The highest BCUT2D eigenvalue weighted by Crippen LogP contribution is 2.26. The van der Waals surface area contributed by atoms with Gasteiger partial charge in [-0.25, -0.2) is 9.67 Å². The minimum absolute atomic E-state index is 0.888. The van der Waals surface area contributed by atoms with Gasteiger partial charge in [-0.05, 0) is 68.8 Å². The van der Waals surface area contributed by atoms with E-state index in [2.05, 4.69) is 28.2 Å². The summed E-state index contributed by atoms with van der Waals surface area (Å²) in [5.74, 6) is 1.96. The van der Waals surface area contributed by atoms with Crippen LogP contribution in [0.1, 0.15) is 42.6 Å². The summed E-state index contributed by atoms with van der Waals surface area (Å²) in [5.41, 5.74) is 4.24. The Hall–Kier alpha value is -1.68. The van der Waals surface area contributed by atoms with Crippen molar-refractivity contribution >= 4 is 0 Å². The number of nitrogens with zero attached hydrogens (tertiary/aromatic N) is 4. The van der Waals surface area contributed by atoms with E-state index in [9.17, 15) is 0 Å². The van der Waals surface area contributed by atoms with Crippen LogP contribution in [0.5, 0.6) is 0 Å². The second-order valence-electron chi connectivity index (χ2n) is 6.65. The first-order chi connectivity index (χ1) is 10.8. The molecule has 0 atom stereocenters. The Bertz CT molecular complexity index is 668. The standard InChI is InChI=1S/C18H24N4/c1-21-18(19-17(20-21)13-22-10-4-5-11-22)16-9-8-14-6-2-3-7-15(14)12-16/h8-9,12H,2-7,10-11,13H2,1H3. The van der Waals surface area contributed by atoms with E-state index in [0.717, 1.165) is 18.2 Å². The molecule has 1 aliphatic heterocycles. The normalized spacial score (nSPS) is 18.6. The van der Waals surface area contributed by atoms with Gasteiger partial charge in [0.05, 0.1) is 6.54 Å². The third-order valence-corrected chi connectivity index (χ3v) is 4.98. The Balaban J connectivity index is 1.60. The van der Waals surface area contributed by atoms with Crippen molar-refractivity contribution in [1.29, 1.82) is 0 Å². The minimum Gasteiger partial charge on any atom is -0.296 e. The molecule has 4 heteroatoms. The molecule has 1 aliphatic carbocycles. The highest BCUT2D eigenvalue weighted by atomic mass is 15.3. The maximum absolute atomic E-state index is 4.80. The molecule has 4 nitrogen and oxygen atoms in total. The monoisotopic (exact) mass is 296 g/mol. The molecule has 1 fully saturated rings. The molecule has 0 radical (unpaired) electrons. The van der Waals surface area contributed by atoms with E-state index < -0.39 is 0 Å². The summed E-state index contributed by atoms with van der Waals surface area (Å²) in [4.78, 5) is 7.25. The van der Waals surface area contributed by atoms with E-state index in [-0.39, 0.29) is 0 Å². The predicted octanol–water partition coefficient (Wildman–Crippen LogP) is 2.96. The van der Waals surface area contributed by atoms with Gasteiger partial charge in [-0.3, -0.25) is 4.90 Å². The number of likely N-dealkylation sites (tertiary alicyclic amines) is 1. The zero-order valence-corrected chi connectivity index (χ0v) is 13.4. The molecule has 116 valence electrons. The topological polar surface area (TPSA) is 34.0 Å². The molecule has 0 saturated carbocycles. The van der Waals surface area contributed by atoms with Crippen LogP contribution in [0, 0.1) is 0 Å². The Labute approximate surface area is 132 Å². The van der Waals surface area contributed by atoms with Crippen LogP contribution in [0.25, 0.3) is 11.4 Å². The molecule has 4 rings (SSSR count). The predicted molar refractivity (Wildman–Crippen MR) is 87.6 cm³/mol. The number of aromatic nitrogens is 3. The van der Waals surface area contributed by atoms with Crippen molar-refractivity contribution < 1.29 is 0 Å². The molecule has 2 heterocycles. The van der Waals surface area contributed by atoms with Crippen LogP contribution < -0.4 is 0 Å². The van der Waals surface area contributed by atoms with Gasteiger partial charge in [-0.15, -0.1) is 0 Å². The molecule has 1 aromatic heterocycles. The average Bonchev–Trinajstić information content (AvgIpc) is 3.17. The van der Waals surface area contributed by atoms with Gasteiger partial charge in [0.15, 0.2) is 11.6 Å². The lowest BCUT2D eigenvalue weighted by Gasteiger charge is -2.16. The van der Waals surface area contributed by atoms with Gasteiger partial charge >= 0.3 is 0 Å². The summed E-state index contributed by atoms with van der Waals surface area (Å²) in [6.07, 6.45) is 7.71.